The molecule has 0 fully saturated rings. The van der Waals surface area contributed by atoms with E-state index in [4.69, 9.17) is 27.6 Å². The van der Waals surface area contributed by atoms with Gasteiger partial charge in [-0.25, -0.2) is 0 Å². The second kappa shape index (κ2) is 4.50. The summed E-state index contributed by atoms with van der Waals surface area (Å²) in [7, 11) is 0. The summed E-state index contributed by atoms with van der Waals surface area (Å²) in [5.74, 6) is 1.17. The van der Waals surface area contributed by atoms with Gasteiger partial charge in [-0.05, 0) is 31.2 Å². The van der Waals surface area contributed by atoms with Crippen molar-refractivity contribution in [3.8, 4) is 0 Å². The molecule has 0 bridgehead atoms. The maximum Gasteiger partial charge on any atom is 0.139 e. The predicted molar refractivity (Wildman–Crippen MR) is 64.0 cm³/mol. The molecule has 0 amide bonds. The molecule has 0 aliphatic carbocycles. The zero-order valence-electron chi connectivity index (χ0n) is 8.58. The van der Waals surface area contributed by atoms with Gasteiger partial charge in [-0.15, -0.1) is 0 Å². The van der Waals surface area contributed by atoms with Crippen LogP contribution in [0.1, 0.15) is 23.2 Å². The van der Waals surface area contributed by atoms with E-state index in [2.05, 4.69) is 0 Å². The third-order valence-corrected chi connectivity index (χ3v) is 2.96. The second-order valence-corrected chi connectivity index (χ2v) is 4.30. The Morgan fingerprint density at radius 1 is 1.12 bits per heavy atom. The summed E-state index contributed by atoms with van der Waals surface area (Å²) in [5, 5.41) is 11.0. The summed E-state index contributed by atoms with van der Waals surface area (Å²) in [6, 6.07) is 8.58. The highest BCUT2D eigenvalue weighted by Gasteiger charge is 2.19. The molecule has 4 heteroatoms. The SMILES string of the molecule is Cc1ccc(C(O)c2c(Cl)cccc2Cl)o1. The first-order chi connectivity index (χ1) is 7.59. The summed E-state index contributed by atoms with van der Waals surface area (Å²) in [6.45, 7) is 1.81. The molecule has 1 atom stereocenters. The van der Waals surface area contributed by atoms with Gasteiger partial charge < -0.3 is 9.52 Å². The maximum atomic E-state index is 10.1. The lowest BCUT2D eigenvalue weighted by atomic mass is 10.1. The van der Waals surface area contributed by atoms with Crippen molar-refractivity contribution in [3.05, 3.63) is 57.5 Å². The highest BCUT2D eigenvalue weighted by Crippen LogP contribution is 2.34. The Morgan fingerprint density at radius 3 is 2.25 bits per heavy atom. The van der Waals surface area contributed by atoms with Crippen LogP contribution >= 0.6 is 23.2 Å². The zero-order chi connectivity index (χ0) is 11.7. The molecule has 0 saturated carbocycles. The van der Waals surface area contributed by atoms with Crippen LogP contribution in [0.2, 0.25) is 10.0 Å². The fourth-order valence-electron chi connectivity index (χ4n) is 1.51. The Kier molecular flexibility index (Phi) is 3.24. The Hall–Kier alpha value is -0.960. The normalized spacial score (nSPS) is 12.8. The Labute approximate surface area is 103 Å². The summed E-state index contributed by atoms with van der Waals surface area (Å²) >= 11 is 12.0. The minimum Gasteiger partial charge on any atom is -0.463 e. The first-order valence-corrected chi connectivity index (χ1v) is 5.53. The number of halogens is 2. The molecular formula is C12H10Cl2O2. The van der Waals surface area contributed by atoms with Crippen LogP contribution in [0, 0.1) is 6.92 Å². The van der Waals surface area contributed by atoms with Gasteiger partial charge in [-0.1, -0.05) is 29.3 Å². The fourth-order valence-corrected chi connectivity index (χ4v) is 2.12. The number of furan rings is 1. The molecule has 0 radical (unpaired) electrons. The van der Waals surface area contributed by atoms with Crippen molar-refractivity contribution >= 4 is 23.2 Å². The molecule has 0 aliphatic rings. The zero-order valence-corrected chi connectivity index (χ0v) is 10.1. The minimum absolute atomic E-state index is 0.425. The summed E-state index contributed by atoms with van der Waals surface area (Å²) in [4.78, 5) is 0. The van der Waals surface area contributed by atoms with Crippen molar-refractivity contribution in [2.75, 3.05) is 0 Å². The highest BCUT2D eigenvalue weighted by molar-refractivity contribution is 6.36. The van der Waals surface area contributed by atoms with Crippen LogP contribution in [0.15, 0.2) is 34.7 Å². The van der Waals surface area contributed by atoms with Gasteiger partial charge in [0.05, 0.1) is 0 Å². The Bertz CT molecular complexity index is 485. The van der Waals surface area contributed by atoms with E-state index in [1.807, 2.05) is 6.92 Å². The Balaban J connectivity index is 2.45. The van der Waals surface area contributed by atoms with Crippen molar-refractivity contribution in [1.82, 2.24) is 0 Å². The first kappa shape index (κ1) is 11.5. The van der Waals surface area contributed by atoms with Crippen molar-refractivity contribution < 1.29 is 9.52 Å². The van der Waals surface area contributed by atoms with E-state index in [9.17, 15) is 5.11 Å². The van der Waals surface area contributed by atoms with Gasteiger partial charge in [-0.3, -0.25) is 0 Å². The average molecular weight is 257 g/mol. The molecule has 0 aliphatic heterocycles. The molecule has 1 aromatic heterocycles. The van der Waals surface area contributed by atoms with Gasteiger partial charge in [-0.2, -0.15) is 0 Å². The van der Waals surface area contributed by atoms with E-state index in [1.165, 1.54) is 0 Å². The summed E-state index contributed by atoms with van der Waals surface area (Å²) in [6.07, 6.45) is -0.935. The molecule has 1 heterocycles. The molecule has 1 aromatic carbocycles. The van der Waals surface area contributed by atoms with Crippen LogP contribution in [-0.2, 0) is 0 Å². The van der Waals surface area contributed by atoms with Crippen molar-refractivity contribution in [2.45, 2.75) is 13.0 Å². The molecule has 2 rings (SSSR count). The van der Waals surface area contributed by atoms with Gasteiger partial charge in [0.1, 0.15) is 17.6 Å². The number of aliphatic hydroxyl groups is 1. The fraction of sp³-hybridized carbons (Fsp3) is 0.167. The standard InChI is InChI=1S/C12H10Cl2O2/c1-7-5-6-10(16-7)12(15)11-8(13)3-2-4-9(11)14/h2-6,12,15H,1H3. The van der Waals surface area contributed by atoms with Crippen molar-refractivity contribution in [3.63, 3.8) is 0 Å². The van der Waals surface area contributed by atoms with Crippen LogP contribution in [0.3, 0.4) is 0 Å². The first-order valence-electron chi connectivity index (χ1n) is 4.78. The van der Waals surface area contributed by atoms with Crippen molar-refractivity contribution in [2.24, 2.45) is 0 Å². The number of aryl methyl sites for hydroxylation is 1. The number of hydrogen-bond acceptors (Lipinski definition) is 2. The lowest BCUT2D eigenvalue weighted by Gasteiger charge is -2.11. The molecule has 1 unspecified atom stereocenters. The van der Waals surface area contributed by atoms with Gasteiger partial charge in [0, 0.05) is 15.6 Å². The molecule has 2 nitrogen and oxygen atoms in total. The molecular weight excluding hydrogens is 247 g/mol. The lowest BCUT2D eigenvalue weighted by molar-refractivity contribution is 0.188. The van der Waals surface area contributed by atoms with E-state index in [0.29, 0.717) is 21.4 Å². The van der Waals surface area contributed by atoms with E-state index in [0.717, 1.165) is 5.76 Å². The number of rotatable bonds is 2. The lowest BCUT2D eigenvalue weighted by Crippen LogP contribution is -2.00. The van der Waals surface area contributed by atoms with E-state index in [-0.39, 0.29) is 0 Å². The maximum absolute atomic E-state index is 10.1. The minimum atomic E-state index is -0.935. The molecule has 0 spiro atoms. The smallest absolute Gasteiger partial charge is 0.139 e. The van der Waals surface area contributed by atoms with E-state index in [1.54, 1.807) is 30.3 Å². The van der Waals surface area contributed by atoms with Crippen molar-refractivity contribution in [1.29, 1.82) is 0 Å². The second-order valence-electron chi connectivity index (χ2n) is 3.49. The molecule has 2 aromatic rings. The van der Waals surface area contributed by atoms with Crippen LogP contribution < -0.4 is 0 Å². The molecule has 0 saturated heterocycles. The number of hydrogen-bond donors (Lipinski definition) is 1. The Morgan fingerprint density at radius 2 is 1.75 bits per heavy atom. The van der Waals surface area contributed by atoms with Crippen LogP contribution in [0.25, 0.3) is 0 Å². The topological polar surface area (TPSA) is 33.4 Å². The number of aliphatic hydroxyl groups excluding tert-OH is 1. The van der Waals surface area contributed by atoms with Gasteiger partial charge >= 0.3 is 0 Å². The van der Waals surface area contributed by atoms with E-state index >= 15 is 0 Å². The predicted octanol–water partition coefficient (Wildman–Crippen LogP) is 3.98. The monoisotopic (exact) mass is 256 g/mol. The quantitative estimate of drug-likeness (QED) is 0.882. The summed E-state index contributed by atoms with van der Waals surface area (Å²) in [5.41, 5.74) is 0.472. The molecule has 1 N–H and O–H groups in total. The highest BCUT2D eigenvalue weighted by atomic mass is 35.5. The third kappa shape index (κ3) is 2.09. The van der Waals surface area contributed by atoms with Crippen LogP contribution in [-0.4, -0.2) is 5.11 Å². The molecule has 84 valence electrons. The average Bonchev–Trinajstić information content (AvgIpc) is 2.64. The largest absolute Gasteiger partial charge is 0.463 e. The summed E-state index contributed by atoms with van der Waals surface area (Å²) < 4.78 is 5.34. The number of benzene rings is 1. The van der Waals surface area contributed by atoms with Gasteiger partial charge in [0.25, 0.3) is 0 Å². The van der Waals surface area contributed by atoms with Crippen LogP contribution in [0.4, 0.5) is 0 Å². The molecule has 16 heavy (non-hydrogen) atoms. The third-order valence-electron chi connectivity index (χ3n) is 2.30. The van der Waals surface area contributed by atoms with Gasteiger partial charge in [0.15, 0.2) is 0 Å². The van der Waals surface area contributed by atoms with Crippen LogP contribution in [0.5, 0.6) is 0 Å². The van der Waals surface area contributed by atoms with Gasteiger partial charge in [0.2, 0.25) is 0 Å². The van der Waals surface area contributed by atoms with E-state index < -0.39 is 6.10 Å².